The van der Waals surface area contributed by atoms with Gasteiger partial charge < -0.3 is 4.52 Å². The lowest BCUT2D eigenvalue weighted by Gasteiger charge is -2.14. The van der Waals surface area contributed by atoms with Gasteiger partial charge in [-0.3, -0.25) is 4.57 Å². The molecule has 5 heteroatoms. The molecule has 0 aliphatic heterocycles. The van der Waals surface area contributed by atoms with E-state index in [1.165, 1.54) is 0 Å². The number of hydrogen-bond donors (Lipinski definition) is 0. The van der Waals surface area contributed by atoms with Crippen molar-refractivity contribution in [2.24, 2.45) is 0 Å². The molecule has 0 N–H and O–H groups in total. The molecule has 0 saturated heterocycles. The Morgan fingerprint density at radius 3 is 2.00 bits per heavy atom. The highest BCUT2D eigenvalue weighted by Gasteiger charge is 2.20. The minimum atomic E-state index is -2.48. The summed E-state index contributed by atoms with van der Waals surface area (Å²) in [6, 6.07) is 0. The number of alkyl halides is 2. The van der Waals surface area contributed by atoms with Crippen LogP contribution in [0.1, 0.15) is 6.92 Å². The molecule has 0 fully saturated rings. The molecule has 11 heavy (non-hydrogen) atoms. The van der Waals surface area contributed by atoms with Gasteiger partial charge in [-0.05, 0) is 6.92 Å². The summed E-state index contributed by atoms with van der Waals surface area (Å²) in [4.78, 5) is 0. The van der Waals surface area contributed by atoms with E-state index < -0.39 is 7.37 Å². The molecule has 0 radical (unpaired) electrons. The lowest BCUT2D eigenvalue weighted by Crippen LogP contribution is -2.02. The van der Waals surface area contributed by atoms with Crippen molar-refractivity contribution in [2.45, 2.75) is 6.92 Å². The quantitative estimate of drug-likeness (QED) is 0.507. The van der Waals surface area contributed by atoms with Crippen LogP contribution >= 0.6 is 30.6 Å². The van der Waals surface area contributed by atoms with Gasteiger partial charge in [0.15, 0.2) is 0 Å². The van der Waals surface area contributed by atoms with E-state index >= 15 is 0 Å². The molecule has 0 aliphatic rings. The van der Waals surface area contributed by atoms with Crippen LogP contribution < -0.4 is 0 Å². The van der Waals surface area contributed by atoms with E-state index in [4.69, 9.17) is 27.7 Å². The lowest BCUT2D eigenvalue weighted by molar-refractivity contribution is 0.335. The zero-order valence-electron chi connectivity index (χ0n) is 6.56. The second-order valence-electron chi connectivity index (χ2n) is 2.06. The van der Waals surface area contributed by atoms with Crippen LogP contribution in [0, 0.1) is 0 Å². The minimum absolute atomic E-state index is 0.369. The highest BCUT2D eigenvalue weighted by atomic mass is 35.5. The fraction of sp³-hybridized carbons (Fsp3) is 1.00. The van der Waals surface area contributed by atoms with Gasteiger partial charge in [-0.15, -0.1) is 23.2 Å². The van der Waals surface area contributed by atoms with Crippen LogP contribution in [0.15, 0.2) is 0 Å². The highest BCUT2D eigenvalue weighted by molar-refractivity contribution is 7.59. The van der Waals surface area contributed by atoms with Gasteiger partial charge in [0.1, 0.15) is 0 Å². The Morgan fingerprint density at radius 1 is 1.27 bits per heavy atom. The zero-order valence-corrected chi connectivity index (χ0v) is 8.96. The van der Waals surface area contributed by atoms with Crippen LogP contribution in [0.5, 0.6) is 0 Å². The van der Waals surface area contributed by atoms with E-state index in [0.29, 0.717) is 30.7 Å². The predicted octanol–water partition coefficient (Wildman–Crippen LogP) is 2.78. The lowest BCUT2D eigenvalue weighted by atomic mass is 10.9. The molecule has 0 heterocycles. The van der Waals surface area contributed by atoms with Crippen molar-refractivity contribution in [3.8, 4) is 0 Å². The topological polar surface area (TPSA) is 26.3 Å². The van der Waals surface area contributed by atoms with Gasteiger partial charge in [0.05, 0.1) is 6.61 Å². The molecule has 0 aromatic carbocycles. The third-order valence-electron chi connectivity index (χ3n) is 1.21. The summed E-state index contributed by atoms with van der Waals surface area (Å²) < 4.78 is 16.7. The van der Waals surface area contributed by atoms with E-state index in [-0.39, 0.29) is 0 Å². The van der Waals surface area contributed by atoms with Crippen molar-refractivity contribution in [3.05, 3.63) is 0 Å². The molecule has 0 spiro atoms. The molecule has 0 atom stereocenters. The molecule has 0 aliphatic carbocycles. The number of hydrogen-bond acceptors (Lipinski definition) is 2. The molecule has 0 unspecified atom stereocenters. The van der Waals surface area contributed by atoms with Gasteiger partial charge in [-0.25, -0.2) is 0 Å². The van der Waals surface area contributed by atoms with Crippen LogP contribution in [0.2, 0.25) is 0 Å². The second-order valence-corrected chi connectivity index (χ2v) is 5.60. The third-order valence-corrected chi connectivity index (χ3v) is 4.66. The highest BCUT2D eigenvalue weighted by Crippen LogP contribution is 2.46. The average Bonchev–Trinajstić information content (AvgIpc) is 1.88. The molecule has 0 aromatic heterocycles. The Hall–Kier alpha value is 0.770. The normalized spacial score (nSPS) is 11.9. The van der Waals surface area contributed by atoms with E-state index in [0.717, 1.165) is 0 Å². The Balaban J connectivity index is 3.91. The SMILES string of the molecule is CCOP(=O)(CCCl)CCCl. The van der Waals surface area contributed by atoms with Crippen molar-refractivity contribution >= 4 is 30.6 Å². The van der Waals surface area contributed by atoms with Gasteiger partial charge >= 0.3 is 0 Å². The van der Waals surface area contributed by atoms with Gasteiger partial charge in [-0.1, -0.05) is 0 Å². The first-order chi connectivity index (χ1) is 5.18. The average molecular weight is 219 g/mol. The number of halogens is 2. The fourth-order valence-corrected chi connectivity index (χ4v) is 3.75. The van der Waals surface area contributed by atoms with Crippen LogP contribution in [-0.2, 0) is 9.09 Å². The Kier molecular flexibility index (Phi) is 6.75. The standard InChI is InChI=1S/C6H13Cl2O2P/c1-2-10-11(9,5-3-7)6-4-8/h2-6H2,1H3. The summed E-state index contributed by atoms with van der Waals surface area (Å²) in [6.07, 6.45) is 0.851. The van der Waals surface area contributed by atoms with Gasteiger partial charge in [0, 0.05) is 24.1 Å². The maximum Gasteiger partial charge on any atom is 0.205 e. The van der Waals surface area contributed by atoms with Crippen molar-refractivity contribution in [3.63, 3.8) is 0 Å². The first kappa shape index (κ1) is 11.8. The van der Waals surface area contributed by atoms with Gasteiger partial charge in [0.2, 0.25) is 7.37 Å². The van der Waals surface area contributed by atoms with Crippen molar-refractivity contribution in [2.75, 3.05) is 30.7 Å². The van der Waals surface area contributed by atoms with Crippen LogP contribution in [0.4, 0.5) is 0 Å². The van der Waals surface area contributed by atoms with Crippen molar-refractivity contribution in [1.29, 1.82) is 0 Å². The molecule has 0 bridgehead atoms. The Morgan fingerprint density at radius 2 is 1.73 bits per heavy atom. The first-order valence-corrected chi connectivity index (χ1v) is 6.59. The van der Waals surface area contributed by atoms with E-state index in [2.05, 4.69) is 0 Å². The second kappa shape index (κ2) is 6.30. The van der Waals surface area contributed by atoms with Crippen molar-refractivity contribution in [1.82, 2.24) is 0 Å². The summed E-state index contributed by atoms with van der Waals surface area (Å²) in [7, 11) is -2.48. The monoisotopic (exact) mass is 218 g/mol. The molecule has 2 nitrogen and oxygen atoms in total. The molecular formula is C6H13Cl2O2P. The maximum atomic E-state index is 11.6. The van der Waals surface area contributed by atoms with E-state index in [1.54, 1.807) is 0 Å². The van der Waals surface area contributed by atoms with E-state index in [1.807, 2.05) is 6.92 Å². The predicted molar refractivity (Wildman–Crippen MR) is 50.4 cm³/mol. The largest absolute Gasteiger partial charge is 0.329 e. The minimum Gasteiger partial charge on any atom is -0.329 e. The summed E-state index contributed by atoms with van der Waals surface area (Å²) in [5.41, 5.74) is 0. The molecule has 0 saturated carbocycles. The van der Waals surface area contributed by atoms with Crippen molar-refractivity contribution < 1.29 is 9.09 Å². The summed E-state index contributed by atoms with van der Waals surface area (Å²) >= 11 is 10.9. The maximum absolute atomic E-state index is 11.6. The van der Waals surface area contributed by atoms with Crippen LogP contribution in [0.25, 0.3) is 0 Å². The fourth-order valence-electron chi connectivity index (χ4n) is 0.734. The molecule has 0 amide bonds. The Labute approximate surface area is 77.7 Å². The van der Waals surface area contributed by atoms with Gasteiger partial charge in [0.25, 0.3) is 0 Å². The summed E-state index contributed by atoms with van der Waals surface area (Å²) in [5, 5.41) is 0. The molecule has 0 aromatic rings. The van der Waals surface area contributed by atoms with E-state index in [9.17, 15) is 4.57 Å². The molecular weight excluding hydrogens is 206 g/mol. The third kappa shape index (κ3) is 5.08. The smallest absolute Gasteiger partial charge is 0.205 e. The summed E-state index contributed by atoms with van der Waals surface area (Å²) in [6.45, 7) is 2.28. The summed E-state index contributed by atoms with van der Waals surface area (Å²) in [5.74, 6) is 0.738. The molecule has 68 valence electrons. The van der Waals surface area contributed by atoms with Crippen LogP contribution in [0.3, 0.4) is 0 Å². The van der Waals surface area contributed by atoms with Crippen LogP contribution in [-0.4, -0.2) is 30.7 Å². The zero-order chi connectivity index (χ0) is 8.74. The van der Waals surface area contributed by atoms with Gasteiger partial charge in [-0.2, -0.15) is 0 Å². The Bertz CT molecular complexity index is 117. The first-order valence-electron chi connectivity index (χ1n) is 3.53. The molecule has 0 rings (SSSR count). The number of rotatable bonds is 6.